The second kappa shape index (κ2) is 6.98. The summed E-state index contributed by atoms with van der Waals surface area (Å²) in [5.41, 5.74) is 2.98. The monoisotopic (exact) mass is 283 g/mol. The van der Waals surface area contributed by atoms with E-state index in [1.165, 1.54) is 4.88 Å². The second-order valence-electron chi connectivity index (χ2n) is 4.62. The highest BCUT2D eigenvalue weighted by Crippen LogP contribution is 2.15. The first kappa shape index (κ1) is 14.4. The van der Waals surface area contributed by atoms with Crippen molar-refractivity contribution >= 4 is 17.3 Å². The molecule has 1 saturated heterocycles. The van der Waals surface area contributed by atoms with Crippen molar-refractivity contribution in [3.8, 4) is 0 Å². The fourth-order valence-corrected chi connectivity index (χ4v) is 3.07. The fourth-order valence-electron chi connectivity index (χ4n) is 2.30. The van der Waals surface area contributed by atoms with Crippen LogP contribution in [0.15, 0.2) is 5.51 Å². The molecule has 1 fully saturated rings. The smallest absolute Gasteiger partial charge is 0.324 e. The molecule has 0 amide bonds. The van der Waals surface area contributed by atoms with Gasteiger partial charge in [0.2, 0.25) is 0 Å². The summed E-state index contributed by atoms with van der Waals surface area (Å²) in [6.07, 6.45) is 0.951. The maximum atomic E-state index is 11.9. The molecule has 0 aliphatic carbocycles. The number of thiazole rings is 1. The summed E-state index contributed by atoms with van der Waals surface area (Å²) >= 11 is 1.69. The lowest BCUT2D eigenvalue weighted by atomic mass is 10.1. The van der Waals surface area contributed by atoms with Crippen molar-refractivity contribution < 1.29 is 9.53 Å². The Hall–Kier alpha value is -0.980. The highest BCUT2D eigenvalue weighted by atomic mass is 32.1. The maximum Gasteiger partial charge on any atom is 0.324 e. The zero-order chi connectivity index (χ0) is 13.7. The number of nitrogens with zero attached hydrogens (tertiary/aromatic N) is 2. The molecule has 2 heterocycles. The Balaban J connectivity index is 1.92. The summed E-state index contributed by atoms with van der Waals surface area (Å²) in [7, 11) is 0. The van der Waals surface area contributed by atoms with Gasteiger partial charge < -0.3 is 10.1 Å². The van der Waals surface area contributed by atoms with Crippen LogP contribution in [-0.4, -0.2) is 54.7 Å². The van der Waals surface area contributed by atoms with Gasteiger partial charge in [0.05, 0.1) is 17.8 Å². The number of rotatable bonds is 5. The number of aryl methyl sites for hydroxylation is 1. The summed E-state index contributed by atoms with van der Waals surface area (Å²) in [6, 6.07) is -0.151. The summed E-state index contributed by atoms with van der Waals surface area (Å²) in [5.74, 6) is -0.115. The highest BCUT2D eigenvalue weighted by Gasteiger charge is 2.29. The summed E-state index contributed by atoms with van der Waals surface area (Å²) < 4.78 is 5.14. The van der Waals surface area contributed by atoms with E-state index in [0.29, 0.717) is 13.2 Å². The predicted octanol–water partition coefficient (Wildman–Crippen LogP) is 0.831. The number of nitrogens with one attached hydrogen (secondary N) is 1. The zero-order valence-electron chi connectivity index (χ0n) is 11.5. The Morgan fingerprint density at radius 2 is 2.53 bits per heavy atom. The molecule has 0 aromatic carbocycles. The Bertz CT molecular complexity index is 422. The molecule has 0 bridgehead atoms. The van der Waals surface area contributed by atoms with E-state index in [1.807, 2.05) is 19.4 Å². The van der Waals surface area contributed by atoms with Gasteiger partial charge in [0.1, 0.15) is 6.04 Å². The molecule has 0 spiro atoms. The third-order valence-electron chi connectivity index (χ3n) is 3.38. The predicted molar refractivity (Wildman–Crippen MR) is 75.4 cm³/mol. The minimum Gasteiger partial charge on any atom is -0.465 e. The average molecular weight is 283 g/mol. The van der Waals surface area contributed by atoms with Crippen LogP contribution in [-0.2, 0) is 16.0 Å². The quantitative estimate of drug-likeness (QED) is 0.811. The number of hydrogen-bond acceptors (Lipinski definition) is 6. The SMILES string of the molecule is CCOC(=O)C1CNCCN1CCc1scnc1C. The van der Waals surface area contributed by atoms with Crippen LogP contribution >= 0.6 is 11.3 Å². The van der Waals surface area contributed by atoms with E-state index < -0.39 is 0 Å². The molecule has 0 radical (unpaired) electrons. The van der Waals surface area contributed by atoms with Gasteiger partial charge in [-0.15, -0.1) is 11.3 Å². The molecular formula is C13H21N3O2S. The minimum atomic E-state index is -0.151. The van der Waals surface area contributed by atoms with Gasteiger partial charge in [-0.3, -0.25) is 9.69 Å². The number of esters is 1. The van der Waals surface area contributed by atoms with Gasteiger partial charge in [0, 0.05) is 31.1 Å². The van der Waals surface area contributed by atoms with Crippen LogP contribution < -0.4 is 5.32 Å². The first-order chi connectivity index (χ1) is 9.22. The second-order valence-corrected chi connectivity index (χ2v) is 5.56. The van der Waals surface area contributed by atoms with Crippen molar-refractivity contribution in [2.24, 2.45) is 0 Å². The molecule has 0 saturated carbocycles. The average Bonchev–Trinajstić information content (AvgIpc) is 2.82. The van der Waals surface area contributed by atoms with Gasteiger partial charge >= 0.3 is 5.97 Å². The van der Waals surface area contributed by atoms with Crippen LogP contribution in [0.4, 0.5) is 0 Å². The van der Waals surface area contributed by atoms with E-state index >= 15 is 0 Å². The topological polar surface area (TPSA) is 54.5 Å². The number of carbonyl (C=O) groups excluding carboxylic acids is 1. The number of carbonyl (C=O) groups is 1. The summed E-state index contributed by atoms with van der Waals surface area (Å²) in [4.78, 5) is 19.7. The third-order valence-corrected chi connectivity index (χ3v) is 4.38. The van der Waals surface area contributed by atoms with Crippen molar-refractivity contribution in [3.05, 3.63) is 16.1 Å². The van der Waals surface area contributed by atoms with Crippen LogP contribution in [0.3, 0.4) is 0 Å². The summed E-state index contributed by atoms with van der Waals surface area (Å²) in [5, 5.41) is 3.26. The number of hydrogen-bond donors (Lipinski definition) is 1. The molecule has 1 aromatic heterocycles. The van der Waals surface area contributed by atoms with Crippen molar-refractivity contribution in [2.75, 3.05) is 32.8 Å². The zero-order valence-corrected chi connectivity index (χ0v) is 12.3. The molecule has 5 nitrogen and oxygen atoms in total. The number of ether oxygens (including phenoxy) is 1. The molecule has 1 aliphatic heterocycles. The number of aromatic nitrogens is 1. The normalized spacial score (nSPS) is 20.4. The fraction of sp³-hybridized carbons (Fsp3) is 0.692. The number of piperazine rings is 1. The van der Waals surface area contributed by atoms with Gasteiger partial charge in [-0.1, -0.05) is 0 Å². The minimum absolute atomic E-state index is 0.115. The summed E-state index contributed by atoms with van der Waals surface area (Å²) in [6.45, 7) is 7.70. The maximum absolute atomic E-state index is 11.9. The van der Waals surface area contributed by atoms with Crippen LogP contribution in [0.1, 0.15) is 17.5 Å². The van der Waals surface area contributed by atoms with Gasteiger partial charge in [0.25, 0.3) is 0 Å². The molecule has 1 atom stereocenters. The van der Waals surface area contributed by atoms with Crippen molar-refractivity contribution in [1.29, 1.82) is 0 Å². The Labute approximate surface area is 118 Å². The van der Waals surface area contributed by atoms with Crippen molar-refractivity contribution in [3.63, 3.8) is 0 Å². The molecule has 1 unspecified atom stereocenters. The third kappa shape index (κ3) is 3.75. The van der Waals surface area contributed by atoms with Crippen LogP contribution in [0, 0.1) is 6.92 Å². The molecule has 6 heteroatoms. The highest BCUT2D eigenvalue weighted by molar-refractivity contribution is 7.09. The lowest BCUT2D eigenvalue weighted by Crippen LogP contribution is -2.55. The first-order valence-corrected chi connectivity index (χ1v) is 7.60. The van der Waals surface area contributed by atoms with E-state index in [-0.39, 0.29) is 12.0 Å². The molecule has 19 heavy (non-hydrogen) atoms. The standard InChI is InChI=1S/C13H21N3O2S/c1-3-18-13(17)11-8-14-5-7-16(11)6-4-12-10(2)15-9-19-12/h9,11,14H,3-8H2,1-2H3. The molecule has 1 N–H and O–H groups in total. The van der Waals surface area contributed by atoms with Crippen molar-refractivity contribution in [1.82, 2.24) is 15.2 Å². The Kier molecular flexibility index (Phi) is 5.30. The lowest BCUT2D eigenvalue weighted by Gasteiger charge is -2.34. The lowest BCUT2D eigenvalue weighted by molar-refractivity contribution is -0.150. The Morgan fingerprint density at radius 3 is 3.21 bits per heavy atom. The molecular weight excluding hydrogens is 262 g/mol. The largest absolute Gasteiger partial charge is 0.465 e. The van der Waals surface area contributed by atoms with Crippen LogP contribution in [0.5, 0.6) is 0 Å². The van der Waals surface area contributed by atoms with E-state index in [4.69, 9.17) is 4.74 Å². The molecule has 1 aromatic rings. The van der Waals surface area contributed by atoms with Gasteiger partial charge in [0.15, 0.2) is 0 Å². The van der Waals surface area contributed by atoms with E-state index in [1.54, 1.807) is 11.3 Å². The van der Waals surface area contributed by atoms with Crippen molar-refractivity contribution in [2.45, 2.75) is 26.3 Å². The van der Waals surface area contributed by atoms with E-state index in [9.17, 15) is 4.79 Å². The first-order valence-electron chi connectivity index (χ1n) is 6.72. The molecule has 1 aliphatic rings. The van der Waals surface area contributed by atoms with Gasteiger partial charge in [-0.05, 0) is 20.3 Å². The van der Waals surface area contributed by atoms with E-state index in [0.717, 1.165) is 31.7 Å². The Morgan fingerprint density at radius 1 is 1.68 bits per heavy atom. The molecule has 2 rings (SSSR count). The van der Waals surface area contributed by atoms with Crippen LogP contribution in [0.25, 0.3) is 0 Å². The molecule has 106 valence electrons. The van der Waals surface area contributed by atoms with Gasteiger partial charge in [-0.2, -0.15) is 0 Å². The van der Waals surface area contributed by atoms with E-state index in [2.05, 4.69) is 15.2 Å². The van der Waals surface area contributed by atoms with Crippen LogP contribution in [0.2, 0.25) is 0 Å². The van der Waals surface area contributed by atoms with Gasteiger partial charge in [-0.25, -0.2) is 4.98 Å².